The summed E-state index contributed by atoms with van der Waals surface area (Å²) in [5, 5.41) is 17.3. The first kappa shape index (κ1) is 8.78. The van der Waals surface area contributed by atoms with Gasteiger partial charge in [0.2, 0.25) is 0 Å². The normalized spacial score (nSPS) is 9.73. The van der Waals surface area contributed by atoms with Crippen LogP contribution in [0, 0.1) is 0 Å². The second-order valence-corrected chi connectivity index (χ2v) is 3.23. The predicted molar refractivity (Wildman–Crippen MR) is 48.0 cm³/mol. The lowest BCUT2D eigenvalue weighted by molar-refractivity contribution is 0.405. The molecule has 0 fully saturated rings. The van der Waals surface area contributed by atoms with E-state index in [-0.39, 0.29) is 6.32 Å². The summed E-state index contributed by atoms with van der Waals surface area (Å²) in [5.74, 6) is 0. The Morgan fingerprint density at radius 2 is 2.09 bits per heavy atom. The fourth-order valence-corrected chi connectivity index (χ4v) is 1.32. The molecule has 0 saturated heterocycles. The van der Waals surface area contributed by atoms with Crippen molar-refractivity contribution in [3.63, 3.8) is 0 Å². The molecule has 0 atom stereocenters. The third kappa shape index (κ3) is 3.05. The van der Waals surface area contributed by atoms with Gasteiger partial charge in [0.1, 0.15) is 0 Å². The Kier molecular flexibility index (Phi) is 3.11. The average molecular weight is 215 g/mol. The van der Waals surface area contributed by atoms with Crippen LogP contribution in [0.15, 0.2) is 28.7 Å². The van der Waals surface area contributed by atoms with E-state index in [0.717, 1.165) is 10.0 Å². The lowest BCUT2D eigenvalue weighted by Gasteiger charge is -1.99. The van der Waals surface area contributed by atoms with Crippen LogP contribution in [0.2, 0.25) is 0 Å². The van der Waals surface area contributed by atoms with Crippen molar-refractivity contribution in [2.75, 3.05) is 0 Å². The molecule has 0 aliphatic rings. The lowest BCUT2D eigenvalue weighted by Crippen LogP contribution is -2.14. The Labute approximate surface area is 74.1 Å². The molecule has 0 unspecified atom stereocenters. The number of halogens is 1. The fraction of sp³-hybridized carbons (Fsp3) is 0.143. The minimum Gasteiger partial charge on any atom is -0.427 e. The molecule has 1 aromatic rings. The van der Waals surface area contributed by atoms with Crippen molar-refractivity contribution >= 4 is 23.0 Å². The smallest absolute Gasteiger partial charge is 0.427 e. The first-order valence-electron chi connectivity index (χ1n) is 3.29. The first-order chi connectivity index (χ1) is 5.18. The van der Waals surface area contributed by atoms with Crippen LogP contribution in [0.1, 0.15) is 5.56 Å². The van der Waals surface area contributed by atoms with E-state index in [2.05, 4.69) is 15.9 Å². The van der Waals surface area contributed by atoms with Crippen molar-refractivity contribution < 1.29 is 10.0 Å². The van der Waals surface area contributed by atoms with Gasteiger partial charge in [-0.1, -0.05) is 28.1 Å². The minimum absolute atomic E-state index is 0.277. The van der Waals surface area contributed by atoms with Gasteiger partial charge in [-0.25, -0.2) is 0 Å². The van der Waals surface area contributed by atoms with E-state index in [4.69, 9.17) is 10.0 Å². The molecule has 0 heterocycles. The van der Waals surface area contributed by atoms with E-state index in [1.54, 1.807) is 0 Å². The van der Waals surface area contributed by atoms with Crippen molar-refractivity contribution in [2.45, 2.75) is 6.32 Å². The van der Waals surface area contributed by atoms with Gasteiger partial charge >= 0.3 is 7.12 Å². The van der Waals surface area contributed by atoms with E-state index >= 15 is 0 Å². The third-order valence-corrected chi connectivity index (χ3v) is 1.80. The molecule has 0 spiro atoms. The minimum atomic E-state index is -1.26. The molecule has 0 aliphatic carbocycles. The van der Waals surface area contributed by atoms with Crippen molar-refractivity contribution in [3.8, 4) is 0 Å². The van der Waals surface area contributed by atoms with Crippen LogP contribution in [0.25, 0.3) is 0 Å². The summed E-state index contributed by atoms with van der Waals surface area (Å²) >= 11 is 3.29. The molecule has 0 bridgehead atoms. The van der Waals surface area contributed by atoms with Crippen molar-refractivity contribution in [1.82, 2.24) is 0 Å². The van der Waals surface area contributed by atoms with Gasteiger partial charge in [-0.05, 0) is 17.7 Å². The molecule has 11 heavy (non-hydrogen) atoms. The highest BCUT2D eigenvalue weighted by atomic mass is 79.9. The highest BCUT2D eigenvalue weighted by Crippen LogP contribution is 2.11. The molecule has 2 nitrogen and oxygen atoms in total. The van der Waals surface area contributed by atoms with Crippen LogP contribution in [0.4, 0.5) is 0 Å². The van der Waals surface area contributed by atoms with Gasteiger partial charge < -0.3 is 10.0 Å². The number of benzene rings is 1. The standard InChI is InChI=1S/C7H8BBrO2/c9-7-3-1-2-6(4-7)5-8(10)11/h1-4,10-11H,5H2. The first-order valence-corrected chi connectivity index (χ1v) is 4.08. The van der Waals surface area contributed by atoms with Crippen molar-refractivity contribution in [1.29, 1.82) is 0 Å². The van der Waals surface area contributed by atoms with Crippen LogP contribution in [-0.2, 0) is 6.32 Å². The molecule has 0 aliphatic heterocycles. The summed E-state index contributed by atoms with van der Waals surface area (Å²) in [6.45, 7) is 0. The summed E-state index contributed by atoms with van der Waals surface area (Å²) in [7, 11) is -1.26. The van der Waals surface area contributed by atoms with Crippen LogP contribution in [0.3, 0.4) is 0 Å². The maximum Gasteiger partial charge on any atom is 0.456 e. The lowest BCUT2D eigenvalue weighted by atomic mass is 9.82. The van der Waals surface area contributed by atoms with Crippen molar-refractivity contribution in [2.24, 2.45) is 0 Å². The molecule has 1 rings (SSSR count). The molecule has 58 valence electrons. The van der Waals surface area contributed by atoms with Gasteiger partial charge in [0.05, 0.1) is 0 Å². The quantitative estimate of drug-likeness (QED) is 0.722. The molecule has 2 N–H and O–H groups in total. The van der Waals surface area contributed by atoms with Crippen LogP contribution < -0.4 is 0 Å². The average Bonchev–Trinajstić information content (AvgIpc) is 1.85. The van der Waals surface area contributed by atoms with Gasteiger partial charge in [0.15, 0.2) is 0 Å². The fourth-order valence-electron chi connectivity index (χ4n) is 0.875. The summed E-state index contributed by atoms with van der Waals surface area (Å²) in [4.78, 5) is 0. The Morgan fingerprint density at radius 3 is 2.64 bits per heavy atom. The van der Waals surface area contributed by atoms with E-state index < -0.39 is 7.12 Å². The Bertz CT molecular complexity index is 240. The SMILES string of the molecule is OB(O)Cc1cccc(Br)c1. The molecule has 1 aromatic carbocycles. The van der Waals surface area contributed by atoms with Gasteiger partial charge in [0, 0.05) is 10.8 Å². The zero-order valence-electron chi connectivity index (χ0n) is 5.87. The topological polar surface area (TPSA) is 40.5 Å². The van der Waals surface area contributed by atoms with E-state index in [0.29, 0.717) is 0 Å². The van der Waals surface area contributed by atoms with Crippen LogP contribution in [-0.4, -0.2) is 17.2 Å². The summed E-state index contributed by atoms with van der Waals surface area (Å²) in [6, 6.07) is 7.47. The van der Waals surface area contributed by atoms with Gasteiger partial charge in [-0.15, -0.1) is 0 Å². The Hall–Kier alpha value is -0.315. The highest BCUT2D eigenvalue weighted by molar-refractivity contribution is 9.10. The Morgan fingerprint density at radius 1 is 1.36 bits per heavy atom. The zero-order chi connectivity index (χ0) is 8.27. The number of rotatable bonds is 2. The maximum absolute atomic E-state index is 8.64. The zero-order valence-corrected chi connectivity index (χ0v) is 7.45. The maximum atomic E-state index is 8.64. The molecular weight excluding hydrogens is 207 g/mol. The largest absolute Gasteiger partial charge is 0.456 e. The van der Waals surface area contributed by atoms with Crippen molar-refractivity contribution in [3.05, 3.63) is 34.3 Å². The van der Waals surface area contributed by atoms with E-state index in [1.807, 2.05) is 24.3 Å². The molecule has 4 heteroatoms. The number of hydrogen-bond donors (Lipinski definition) is 2. The molecule has 0 amide bonds. The second-order valence-electron chi connectivity index (χ2n) is 2.31. The summed E-state index contributed by atoms with van der Waals surface area (Å²) in [6.07, 6.45) is 0.277. The molecular formula is C7H8BBrO2. The monoisotopic (exact) mass is 214 g/mol. The van der Waals surface area contributed by atoms with E-state index in [1.165, 1.54) is 0 Å². The van der Waals surface area contributed by atoms with Crippen LogP contribution in [0.5, 0.6) is 0 Å². The highest BCUT2D eigenvalue weighted by Gasteiger charge is 2.07. The van der Waals surface area contributed by atoms with E-state index in [9.17, 15) is 0 Å². The summed E-state index contributed by atoms with van der Waals surface area (Å²) in [5.41, 5.74) is 0.911. The molecule has 0 radical (unpaired) electrons. The molecule has 0 saturated carbocycles. The van der Waals surface area contributed by atoms with Gasteiger partial charge in [-0.3, -0.25) is 0 Å². The van der Waals surface area contributed by atoms with Gasteiger partial charge in [0.25, 0.3) is 0 Å². The van der Waals surface area contributed by atoms with Gasteiger partial charge in [-0.2, -0.15) is 0 Å². The molecule has 0 aromatic heterocycles. The summed E-state index contributed by atoms with van der Waals surface area (Å²) < 4.78 is 0.954. The Balaban J connectivity index is 2.71. The van der Waals surface area contributed by atoms with Crippen LogP contribution >= 0.6 is 15.9 Å². The second kappa shape index (κ2) is 3.90. The predicted octanol–water partition coefficient (Wildman–Crippen LogP) is 1.00. The third-order valence-electron chi connectivity index (χ3n) is 1.31. The number of hydrogen-bond acceptors (Lipinski definition) is 2.